The van der Waals surface area contributed by atoms with E-state index in [2.05, 4.69) is 10.1 Å². The number of carboxylic acids is 1. The molecule has 0 aliphatic carbocycles. The van der Waals surface area contributed by atoms with Gasteiger partial charge in [0.25, 0.3) is 0 Å². The van der Waals surface area contributed by atoms with E-state index in [1.807, 2.05) is 37.3 Å². The Morgan fingerprint density at radius 2 is 1.86 bits per heavy atom. The molecule has 114 valence electrons. The first-order valence-corrected chi connectivity index (χ1v) is 6.64. The van der Waals surface area contributed by atoms with Crippen molar-refractivity contribution in [3.63, 3.8) is 0 Å². The Morgan fingerprint density at radius 1 is 1.24 bits per heavy atom. The number of carboxylic acid groups (broad SMARTS) is 1. The van der Waals surface area contributed by atoms with E-state index < -0.39 is 36.2 Å². The van der Waals surface area contributed by atoms with Crippen LogP contribution in [0.2, 0.25) is 0 Å². The number of hydrogen-bond acceptors (Lipinski definition) is 4. The second-order valence-electron chi connectivity index (χ2n) is 4.55. The van der Waals surface area contributed by atoms with Crippen LogP contribution in [0.25, 0.3) is 0 Å². The summed E-state index contributed by atoms with van der Waals surface area (Å²) in [4.78, 5) is 34.5. The topological polar surface area (TPSA) is 92.7 Å². The summed E-state index contributed by atoms with van der Waals surface area (Å²) in [5, 5.41) is 11.5. The molecule has 6 heteroatoms. The molecule has 2 N–H and O–H groups in total. The minimum Gasteiger partial charge on any atom is -0.480 e. The standard InChI is InChI=1S/C15H19NO5/c1-3-11(10-7-5-4-6-8-10)14(18)16-12(15(19)20)9-13(17)21-2/h4-8,11-12H,3,9H2,1-2H3,(H,16,18)(H,19,20)/t11?,12-/m0/s1. The second kappa shape index (κ2) is 8.04. The van der Waals surface area contributed by atoms with Crippen LogP contribution < -0.4 is 5.32 Å². The largest absolute Gasteiger partial charge is 0.480 e. The second-order valence-corrected chi connectivity index (χ2v) is 4.55. The van der Waals surface area contributed by atoms with E-state index in [9.17, 15) is 14.4 Å². The van der Waals surface area contributed by atoms with Gasteiger partial charge in [-0.3, -0.25) is 9.59 Å². The molecule has 1 unspecified atom stereocenters. The van der Waals surface area contributed by atoms with Crippen LogP contribution in [0.3, 0.4) is 0 Å². The molecule has 1 amide bonds. The lowest BCUT2D eigenvalue weighted by atomic mass is 9.95. The lowest BCUT2D eigenvalue weighted by molar-refractivity contribution is -0.148. The number of amides is 1. The van der Waals surface area contributed by atoms with Crippen molar-refractivity contribution in [2.24, 2.45) is 0 Å². The van der Waals surface area contributed by atoms with Crippen molar-refractivity contribution in [2.75, 3.05) is 7.11 Å². The third-order valence-electron chi connectivity index (χ3n) is 3.14. The predicted octanol–water partition coefficient (Wildman–Crippen LogP) is 1.31. The van der Waals surface area contributed by atoms with Crippen molar-refractivity contribution >= 4 is 17.8 Å². The molecule has 0 spiro atoms. The van der Waals surface area contributed by atoms with Crippen molar-refractivity contribution in [1.82, 2.24) is 5.32 Å². The Labute approximate surface area is 123 Å². The molecule has 2 atom stereocenters. The zero-order chi connectivity index (χ0) is 15.8. The van der Waals surface area contributed by atoms with Gasteiger partial charge in [-0.2, -0.15) is 0 Å². The molecule has 0 aromatic heterocycles. The fraction of sp³-hybridized carbons (Fsp3) is 0.400. The molecule has 0 aliphatic heterocycles. The number of hydrogen-bond donors (Lipinski definition) is 2. The van der Waals surface area contributed by atoms with Crippen LogP contribution in [0.15, 0.2) is 30.3 Å². The number of ether oxygens (including phenoxy) is 1. The number of carbonyl (C=O) groups is 3. The highest BCUT2D eigenvalue weighted by Gasteiger charge is 2.27. The quantitative estimate of drug-likeness (QED) is 0.739. The maximum Gasteiger partial charge on any atom is 0.326 e. The summed E-state index contributed by atoms with van der Waals surface area (Å²) in [5.74, 6) is -2.82. The van der Waals surface area contributed by atoms with Gasteiger partial charge in [0.05, 0.1) is 19.4 Å². The van der Waals surface area contributed by atoms with Gasteiger partial charge in [-0.05, 0) is 12.0 Å². The summed E-state index contributed by atoms with van der Waals surface area (Å²) in [7, 11) is 1.17. The fourth-order valence-electron chi connectivity index (χ4n) is 1.98. The van der Waals surface area contributed by atoms with E-state index in [1.54, 1.807) is 0 Å². The number of benzene rings is 1. The minimum atomic E-state index is -1.29. The van der Waals surface area contributed by atoms with Gasteiger partial charge in [-0.15, -0.1) is 0 Å². The van der Waals surface area contributed by atoms with Crippen molar-refractivity contribution < 1.29 is 24.2 Å². The molecule has 0 aliphatic rings. The number of esters is 1. The molecular formula is C15H19NO5. The van der Waals surface area contributed by atoms with Gasteiger partial charge in [0.1, 0.15) is 6.04 Å². The minimum absolute atomic E-state index is 0.400. The maximum absolute atomic E-state index is 12.2. The molecule has 0 saturated heterocycles. The van der Waals surface area contributed by atoms with Crippen LogP contribution in [0, 0.1) is 0 Å². The molecular weight excluding hydrogens is 274 g/mol. The SMILES string of the molecule is CCC(C(=O)N[C@@H](CC(=O)OC)C(=O)O)c1ccccc1. The number of carbonyl (C=O) groups excluding carboxylic acids is 2. The fourth-order valence-corrected chi connectivity index (χ4v) is 1.98. The molecule has 0 bridgehead atoms. The van der Waals surface area contributed by atoms with Crippen LogP contribution in [-0.2, 0) is 19.1 Å². The summed E-state index contributed by atoms with van der Waals surface area (Å²) in [6, 6.07) is 7.80. The third kappa shape index (κ3) is 4.91. The Hall–Kier alpha value is -2.37. The van der Waals surface area contributed by atoms with Crippen molar-refractivity contribution in [3.8, 4) is 0 Å². The average molecular weight is 293 g/mol. The third-order valence-corrected chi connectivity index (χ3v) is 3.14. The van der Waals surface area contributed by atoms with E-state index in [0.717, 1.165) is 5.56 Å². The predicted molar refractivity (Wildman–Crippen MR) is 75.7 cm³/mol. The molecule has 1 aromatic rings. The molecule has 0 saturated carbocycles. The van der Waals surface area contributed by atoms with Crippen molar-refractivity contribution in [2.45, 2.75) is 31.7 Å². The number of aliphatic carboxylic acids is 1. The molecule has 21 heavy (non-hydrogen) atoms. The summed E-state index contributed by atoms with van der Waals surface area (Å²) in [6.07, 6.45) is 0.128. The summed E-state index contributed by atoms with van der Waals surface area (Å²) < 4.78 is 4.43. The summed E-state index contributed by atoms with van der Waals surface area (Å²) in [6.45, 7) is 1.84. The number of methoxy groups -OCH3 is 1. The first kappa shape index (κ1) is 16.7. The Balaban J connectivity index is 2.80. The summed E-state index contributed by atoms with van der Waals surface area (Å²) >= 11 is 0. The van der Waals surface area contributed by atoms with Gasteiger partial charge in [0.15, 0.2) is 0 Å². The zero-order valence-electron chi connectivity index (χ0n) is 12.0. The first-order chi connectivity index (χ1) is 9.99. The maximum atomic E-state index is 12.2. The molecule has 0 radical (unpaired) electrons. The molecule has 1 aromatic carbocycles. The van der Waals surface area contributed by atoms with Crippen LogP contribution >= 0.6 is 0 Å². The van der Waals surface area contributed by atoms with Crippen LogP contribution in [0.4, 0.5) is 0 Å². The van der Waals surface area contributed by atoms with Crippen LogP contribution in [-0.4, -0.2) is 36.1 Å². The van der Waals surface area contributed by atoms with E-state index in [1.165, 1.54) is 7.11 Å². The van der Waals surface area contributed by atoms with Gasteiger partial charge >= 0.3 is 11.9 Å². The smallest absolute Gasteiger partial charge is 0.326 e. The average Bonchev–Trinajstić information content (AvgIpc) is 2.48. The Bertz CT molecular complexity index is 500. The normalized spacial score (nSPS) is 13.0. The van der Waals surface area contributed by atoms with E-state index in [-0.39, 0.29) is 0 Å². The van der Waals surface area contributed by atoms with E-state index in [0.29, 0.717) is 6.42 Å². The molecule has 0 heterocycles. The highest BCUT2D eigenvalue weighted by atomic mass is 16.5. The van der Waals surface area contributed by atoms with Gasteiger partial charge in [0, 0.05) is 0 Å². The molecule has 6 nitrogen and oxygen atoms in total. The summed E-state index contributed by atoms with van der Waals surface area (Å²) in [5.41, 5.74) is 0.805. The lowest BCUT2D eigenvalue weighted by Gasteiger charge is -2.19. The zero-order valence-corrected chi connectivity index (χ0v) is 12.0. The van der Waals surface area contributed by atoms with Gasteiger partial charge in [-0.25, -0.2) is 4.79 Å². The highest BCUT2D eigenvalue weighted by Crippen LogP contribution is 2.19. The number of rotatable bonds is 7. The number of nitrogens with one attached hydrogen (secondary N) is 1. The van der Waals surface area contributed by atoms with Gasteiger partial charge in [0.2, 0.25) is 5.91 Å². The van der Waals surface area contributed by atoms with Gasteiger partial charge in [-0.1, -0.05) is 37.3 Å². The van der Waals surface area contributed by atoms with E-state index >= 15 is 0 Å². The highest BCUT2D eigenvalue weighted by molar-refractivity contribution is 5.90. The van der Waals surface area contributed by atoms with Gasteiger partial charge < -0.3 is 15.2 Å². The molecule has 0 fully saturated rings. The Kier molecular flexibility index (Phi) is 6.39. The first-order valence-electron chi connectivity index (χ1n) is 6.64. The molecule has 1 rings (SSSR count). The van der Waals surface area contributed by atoms with Crippen molar-refractivity contribution in [3.05, 3.63) is 35.9 Å². The van der Waals surface area contributed by atoms with Crippen LogP contribution in [0.1, 0.15) is 31.2 Å². The van der Waals surface area contributed by atoms with Crippen molar-refractivity contribution in [1.29, 1.82) is 0 Å². The monoisotopic (exact) mass is 293 g/mol. The van der Waals surface area contributed by atoms with E-state index in [4.69, 9.17) is 5.11 Å². The lowest BCUT2D eigenvalue weighted by Crippen LogP contribution is -2.44. The van der Waals surface area contributed by atoms with Crippen LogP contribution in [0.5, 0.6) is 0 Å². The Morgan fingerprint density at radius 3 is 2.33 bits per heavy atom.